The summed E-state index contributed by atoms with van der Waals surface area (Å²) in [4.78, 5) is 13.2. The highest BCUT2D eigenvalue weighted by Gasteiger charge is 2.31. The highest BCUT2D eigenvalue weighted by Crippen LogP contribution is 2.36. The lowest BCUT2D eigenvalue weighted by Crippen LogP contribution is -2.31. The van der Waals surface area contributed by atoms with Crippen molar-refractivity contribution in [1.29, 1.82) is 0 Å². The number of rotatable bonds is 2. The molecule has 0 spiro atoms. The van der Waals surface area contributed by atoms with Gasteiger partial charge in [-0.15, -0.1) is 11.3 Å². The largest absolute Gasteiger partial charge is 0.343 e. The molecule has 0 saturated heterocycles. The zero-order valence-corrected chi connectivity index (χ0v) is 13.9. The van der Waals surface area contributed by atoms with Crippen LogP contribution in [0.5, 0.6) is 0 Å². The number of benzene rings is 1. The minimum atomic E-state index is -0.0122. The summed E-state index contributed by atoms with van der Waals surface area (Å²) in [7, 11) is 0. The van der Waals surface area contributed by atoms with Gasteiger partial charge >= 0.3 is 0 Å². The standard InChI is InChI=1S/C14H11Br2NOS/c15-10-7-8-3-1-2-4-9(8)13(10)17-14(18)11-5-6-12(16)19-11/h1-6,10,13H,7H2,(H,17,18). The molecule has 2 unspecified atom stereocenters. The molecule has 1 heterocycles. The molecule has 19 heavy (non-hydrogen) atoms. The van der Waals surface area contributed by atoms with Gasteiger partial charge in [-0.1, -0.05) is 40.2 Å². The number of hydrogen-bond acceptors (Lipinski definition) is 2. The third-order valence-corrected chi connectivity index (χ3v) is 5.73. The van der Waals surface area contributed by atoms with E-state index in [1.807, 2.05) is 24.3 Å². The Morgan fingerprint density at radius 2 is 2.05 bits per heavy atom. The molecule has 1 aliphatic carbocycles. The fourth-order valence-corrected chi connectivity index (χ4v) is 4.42. The third-order valence-electron chi connectivity index (χ3n) is 3.25. The minimum Gasteiger partial charge on any atom is -0.343 e. The molecule has 1 amide bonds. The second-order valence-electron chi connectivity index (χ2n) is 4.47. The molecule has 2 aromatic rings. The van der Waals surface area contributed by atoms with Crippen molar-refractivity contribution < 1.29 is 4.79 Å². The monoisotopic (exact) mass is 399 g/mol. The molecule has 1 aromatic heterocycles. The van der Waals surface area contributed by atoms with Crippen LogP contribution in [0.2, 0.25) is 0 Å². The fourth-order valence-electron chi connectivity index (χ4n) is 2.36. The first kappa shape index (κ1) is 13.3. The Kier molecular flexibility index (Phi) is 3.78. The summed E-state index contributed by atoms with van der Waals surface area (Å²) < 4.78 is 0.972. The van der Waals surface area contributed by atoms with Crippen molar-refractivity contribution in [3.05, 3.63) is 56.2 Å². The van der Waals surface area contributed by atoms with Crippen LogP contribution in [0, 0.1) is 0 Å². The molecule has 0 saturated carbocycles. The number of amides is 1. The molecule has 1 aliphatic rings. The third kappa shape index (κ3) is 2.64. The first-order chi connectivity index (χ1) is 9.15. The number of alkyl halides is 1. The molecule has 1 N–H and O–H groups in total. The topological polar surface area (TPSA) is 29.1 Å². The van der Waals surface area contributed by atoms with Crippen LogP contribution in [0.3, 0.4) is 0 Å². The maximum absolute atomic E-state index is 12.2. The molecule has 3 rings (SSSR count). The summed E-state index contributed by atoms with van der Waals surface area (Å²) in [5, 5.41) is 3.12. The van der Waals surface area contributed by atoms with Gasteiger partial charge in [-0.2, -0.15) is 0 Å². The van der Waals surface area contributed by atoms with Crippen molar-refractivity contribution in [1.82, 2.24) is 5.32 Å². The fraction of sp³-hybridized carbons (Fsp3) is 0.214. The molecule has 98 valence electrons. The molecule has 1 aromatic carbocycles. The van der Waals surface area contributed by atoms with Crippen molar-refractivity contribution in [2.24, 2.45) is 0 Å². The summed E-state index contributed by atoms with van der Waals surface area (Å²) in [6.45, 7) is 0. The van der Waals surface area contributed by atoms with Crippen LogP contribution in [-0.4, -0.2) is 10.7 Å². The lowest BCUT2D eigenvalue weighted by Gasteiger charge is -2.17. The van der Waals surface area contributed by atoms with Crippen molar-refractivity contribution in [3.8, 4) is 0 Å². The number of nitrogens with one attached hydrogen (secondary N) is 1. The molecular formula is C14H11Br2NOS. The predicted molar refractivity (Wildman–Crippen MR) is 85.1 cm³/mol. The Balaban J connectivity index is 1.82. The highest BCUT2D eigenvalue weighted by molar-refractivity contribution is 9.11. The van der Waals surface area contributed by atoms with E-state index in [1.165, 1.54) is 22.5 Å². The molecule has 2 nitrogen and oxygen atoms in total. The zero-order valence-electron chi connectivity index (χ0n) is 9.90. The maximum atomic E-state index is 12.2. The van der Waals surface area contributed by atoms with Gasteiger partial charge in [0.25, 0.3) is 5.91 Å². The van der Waals surface area contributed by atoms with Gasteiger partial charge in [0.1, 0.15) is 0 Å². The van der Waals surface area contributed by atoms with Crippen LogP contribution in [0.25, 0.3) is 0 Å². The summed E-state index contributed by atoms with van der Waals surface area (Å²) in [6, 6.07) is 12.1. The molecule has 0 aliphatic heterocycles. The Bertz CT molecular complexity index is 625. The number of fused-ring (bicyclic) bond motifs is 1. The molecule has 0 bridgehead atoms. The second-order valence-corrected chi connectivity index (χ2v) is 8.11. The second kappa shape index (κ2) is 5.38. The smallest absolute Gasteiger partial charge is 0.261 e. The average Bonchev–Trinajstić information content (AvgIpc) is 2.95. The van der Waals surface area contributed by atoms with Gasteiger partial charge in [0.15, 0.2) is 0 Å². The molecule has 5 heteroatoms. The number of thiophene rings is 1. The van der Waals surface area contributed by atoms with Crippen LogP contribution in [-0.2, 0) is 6.42 Å². The Labute approximate surface area is 132 Å². The lowest BCUT2D eigenvalue weighted by molar-refractivity contribution is 0.0942. The van der Waals surface area contributed by atoms with E-state index in [0.717, 1.165) is 15.1 Å². The van der Waals surface area contributed by atoms with Crippen LogP contribution in [0.4, 0.5) is 0 Å². The Morgan fingerprint density at radius 1 is 1.26 bits per heavy atom. The molecule has 0 radical (unpaired) electrons. The van der Waals surface area contributed by atoms with Crippen LogP contribution < -0.4 is 5.32 Å². The van der Waals surface area contributed by atoms with E-state index in [0.29, 0.717) is 0 Å². The van der Waals surface area contributed by atoms with E-state index in [-0.39, 0.29) is 16.8 Å². The average molecular weight is 401 g/mol. The Morgan fingerprint density at radius 3 is 2.79 bits per heavy atom. The van der Waals surface area contributed by atoms with Crippen molar-refractivity contribution in [2.45, 2.75) is 17.3 Å². The van der Waals surface area contributed by atoms with E-state index in [2.05, 4.69) is 49.3 Å². The van der Waals surface area contributed by atoms with Gasteiger partial charge < -0.3 is 5.32 Å². The van der Waals surface area contributed by atoms with Crippen molar-refractivity contribution >= 4 is 49.1 Å². The van der Waals surface area contributed by atoms with Gasteiger partial charge in [-0.05, 0) is 45.6 Å². The van der Waals surface area contributed by atoms with E-state index < -0.39 is 0 Å². The summed E-state index contributed by atoms with van der Waals surface area (Å²) in [5.74, 6) is -0.0122. The lowest BCUT2D eigenvalue weighted by atomic mass is 10.1. The maximum Gasteiger partial charge on any atom is 0.261 e. The van der Waals surface area contributed by atoms with Gasteiger partial charge in [-0.25, -0.2) is 0 Å². The van der Waals surface area contributed by atoms with Crippen molar-refractivity contribution in [2.75, 3.05) is 0 Å². The van der Waals surface area contributed by atoms with Crippen LogP contribution >= 0.6 is 43.2 Å². The van der Waals surface area contributed by atoms with Gasteiger partial charge in [-0.3, -0.25) is 4.79 Å². The van der Waals surface area contributed by atoms with Crippen LogP contribution in [0.1, 0.15) is 26.8 Å². The van der Waals surface area contributed by atoms with Gasteiger partial charge in [0.2, 0.25) is 0 Å². The van der Waals surface area contributed by atoms with E-state index >= 15 is 0 Å². The summed E-state index contributed by atoms with van der Waals surface area (Å²) in [5.41, 5.74) is 2.52. The van der Waals surface area contributed by atoms with E-state index in [9.17, 15) is 4.79 Å². The van der Waals surface area contributed by atoms with Crippen molar-refractivity contribution in [3.63, 3.8) is 0 Å². The zero-order chi connectivity index (χ0) is 13.4. The number of carbonyl (C=O) groups excluding carboxylic acids is 1. The predicted octanol–water partition coefficient (Wildman–Crippen LogP) is 4.30. The SMILES string of the molecule is O=C(NC1c2ccccc2CC1Br)c1ccc(Br)s1. The molecule has 2 atom stereocenters. The van der Waals surface area contributed by atoms with Crippen LogP contribution in [0.15, 0.2) is 40.2 Å². The molecule has 0 fully saturated rings. The number of hydrogen-bond donors (Lipinski definition) is 1. The highest BCUT2D eigenvalue weighted by atomic mass is 79.9. The summed E-state index contributed by atoms with van der Waals surface area (Å²) in [6.07, 6.45) is 0.954. The first-order valence-corrected chi connectivity index (χ1v) is 8.46. The van der Waals surface area contributed by atoms with E-state index in [1.54, 1.807) is 0 Å². The number of halogens is 2. The first-order valence-electron chi connectivity index (χ1n) is 5.93. The minimum absolute atomic E-state index is 0.0122. The van der Waals surface area contributed by atoms with E-state index in [4.69, 9.17) is 0 Å². The quantitative estimate of drug-likeness (QED) is 0.748. The van der Waals surface area contributed by atoms with Gasteiger partial charge in [0.05, 0.1) is 14.7 Å². The number of carbonyl (C=O) groups is 1. The molecular weight excluding hydrogens is 390 g/mol. The summed E-state index contributed by atoms with van der Waals surface area (Å²) >= 11 is 8.50. The normalized spacial score (nSPS) is 21.2. The Hall–Kier alpha value is -0.650. The van der Waals surface area contributed by atoms with Gasteiger partial charge in [0, 0.05) is 4.83 Å².